The Morgan fingerprint density at radius 1 is 1.31 bits per heavy atom. The van der Waals surface area contributed by atoms with Crippen LogP contribution in [0.4, 0.5) is 11.4 Å². The van der Waals surface area contributed by atoms with E-state index in [9.17, 15) is 14.4 Å². The monoisotopic (exact) mass is 471 g/mol. The molecule has 1 saturated heterocycles. The van der Waals surface area contributed by atoms with Crippen LogP contribution in [0.3, 0.4) is 0 Å². The van der Waals surface area contributed by atoms with Gasteiger partial charge in [0.1, 0.15) is 5.25 Å². The van der Waals surface area contributed by atoms with Crippen LogP contribution < -0.4 is 5.32 Å². The van der Waals surface area contributed by atoms with Gasteiger partial charge in [-0.25, -0.2) is 9.79 Å². The molecule has 0 saturated carbocycles. The number of hydrogen-bond donors (Lipinski definition) is 1. The maximum atomic E-state index is 12.9. The fraction of sp³-hybridized carbons (Fsp3) is 0.217. The summed E-state index contributed by atoms with van der Waals surface area (Å²) in [5, 5.41) is 3.06. The van der Waals surface area contributed by atoms with E-state index in [2.05, 4.69) is 16.9 Å². The summed E-state index contributed by atoms with van der Waals surface area (Å²) in [6.07, 6.45) is 1.64. The Balaban J connectivity index is 1.76. The molecular formula is C23H22ClN3O4S. The summed E-state index contributed by atoms with van der Waals surface area (Å²) >= 11 is 7.24. The van der Waals surface area contributed by atoms with Crippen LogP contribution in [0.1, 0.15) is 23.7 Å². The predicted octanol–water partition coefficient (Wildman–Crippen LogP) is 4.66. The van der Waals surface area contributed by atoms with Crippen LogP contribution in [0.15, 0.2) is 66.2 Å². The lowest BCUT2D eigenvalue weighted by Crippen LogP contribution is -2.45. The second kappa shape index (κ2) is 11.0. The molecule has 3 rings (SSSR count). The molecule has 1 N–H and O–H groups in total. The van der Waals surface area contributed by atoms with Gasteiger partial charge in [0.15, 0.2) is 5.17 Å². The Hall–Kier alpha value is -3.10. The maximum absolute atomic E-state index is 12.9. The first-order chi connectivity index (χ1) is 15.4. The van der Waals surface area contributed by atoms with E-state index in [4.69, 9.17) is 16.3 Å². The largest absolute Gasteiger partial charge is 0.462 e. The smallest absolute Gasteiger partial charge is 0.338 e. The zero-order valence-electron chi connectivity index (χ0n) is 17.4. The van der Waals surface area contributed by atoms with Crippen LogP contribution in [-0.2, 0) is 14.3 Å². The van der Waals surface area contributed by atoms with E-state index in [-0.39, 0.29) is 31.4 Å². The highest BCUT2D eigenvalue weighted by atomic mass is 35.5. The van der Waals surface area contributed by atoms with Crippen molar-refractivity contribution in [3.63, 3.8) is 0 Å². The van der Waals surface area contributed by atoms with Gasteiger partial charge in [0.05, 0.1) is 17.9 Å². The molecule has 0 spiro atoms. The molecule has 7 nitrogen and oxygen atoms in total. The third-order valence-corrected chi connectivity index (χ3v) is 5.86. The number of thioether (sulfide) groups is 1. The first kappa shape index (κ1) is 23.6. The molecule has 0 aromatic heterocycles. The number of anilines is 1. The molecule has 2 aromatic rings. The topological polar surface area (TPSA) is 88.1 Å². The van der Waals surface area contributed by atoms with Crippen molar-refractivity contribution in [1.82, 2.24) is 4.90 Å². The third-order valence-electron chi connectivity index (χ3n) is 4.44. The Kier molecular flexibility index (Phi) is 8.08. The van der Waals surface area contributed by atoms with Crippen LogP contribution in [0.5, 0.6) is 0 Å². The Bertz CT molecular complexity index is 1060. The van der Waals surface area contributed by atoms with E-state index in [1.807, 2.05) is 0 Å². The van der Waals surface area contributed by atoms with Gasteiger partial charge in [0, 0.05) is 23.7 Å². The third kappa shape index (κ3) is 5.99. The van der Waals surface area contributed by atoms with Gasteiger partial charge in [-0.05, 0) is 49.4 Å². The fourth-order valence-electron chi connectivity index (χ4n) is 2.93. The van der Waals surface area contributed by atoms with Crippen molar-refractivity contribution in [1.29, 1.82) is 0 Å². The van der Waals surface area contributed by atoms with Crippen molar-refractivity contribution < 1.29 is 19.1 Å². The van der Waals surface area contributed by atoms with E-state index >= 15 is 0 Å². The van der Waals surface area contributed by atoms with Crippen LogP contribution in [-0.4, -0.2) is 46.3 Å². The van der Waals surface area contributed by atoms with Gasteiger partial charge in [-0.15, -0.1) is 6.58 Å². The average molecular weight is 472 g/mol. The van der Waals surface area contributed by atoms with Gasteiger partial charge in [-0.1, -0.05) is 35.5 Å². The van der Waals surface area contributed by atoms with Crippen molar-refractivity contribution in [2.75, 3.05) is 18.5 Å². The Labute approximate surface area is 195 Å². The van der Waals surface area contributed by atoms with Crippen molar-refractivity contribution in [3.8, 4) is 0 Å². The number of rotatable bonds is 7. The summed E-state index contributed by atoms with van der Waals surface area (Å²) < 4.78 is 4.95. The minimum atomic E-state index is -0.661. The first-order valence-corrected chi connectivity index (χ1v) is 11.2. The highest BCUT2D eigenvalue weighted by Crippen LogP contribution is 2.30. The SMILES string of the molecule is C=CCN1C(=O)C[C@@H](C(=O)Nc2ccc(C(=O)OCC)cc2)SC1=Nc1cccc(Cl)c1. The Morgan fingerprint density at radius 2 is 2.06 bits per heavy atom. The summed E-state index contributed by atoms with van der Waals surface area (Å²) in [4.78, 5) is 43.4. The number of amides is 2. The molecule has 32 heavy (non-hydrogen) atoms. The number of carbonyl (C=O) groups is 3. The molecule has 9 heteroatoms. The number of amidine groups is 1. The number of nitrogens with zero attached hydrogens (tertiary/aromatic N) is 2. The number of aliphatic imine (C=N–C) groups is 1. The molecule has 2 amide bonds. The van der Waals surface area contributed by atoms with E-state index < -0.39 is 11.2 Å². The van der Waals surface area contributed by atoms with Crippen LogP contribution in [0.25, 0.3) is 0 Å². The zero-order valence-corrected chi connectivity index (χ0v) is 19.0. The van der Waals surface area contributed by atoms with E-state index in [1.165, 1.54) is 16.7 Å². The second-order valence-electron chi connectivity index (χ2n) is 6.76. The molecule has 0 radical (unpaired) electrons. The number of ether oxygens (including phenoxy) is 1. The standard InChI is InChI=1S/C23H22ClN3O4S/c1-3-12-27-20(28)14-19(32-23(27)26-18-7-5-6-16(24)13-18)21(29)25-17-10-8-15(9-11-17)22(30)31-4-2/h3,5-11,13,19H,1,4,12,14H2,2H3,(H,25,29)/t19-/m0/s1. The molecule has 1 atom stereocenters. The highest BCUT2D eigenvalue weighted by molar-refractivity contribution is 8.15. The number of hydrogen-bond acceptors (Lipinski definition) is 6. The maximum Gasteiger partial charge on any atom is 0.338 e. The summed E-state index contributed by atoms with van der Waals surface area (Å²) in [6.45, 7) is 6.00. The Morgan fingerprint density at radius 3 is 2.72 bits per heavy atom. The minimum Gasteiger partial charge on any atom is -0.462 e. The van der Waals surface area contributed by atoms with Crippen molar-refractivity contribution in [2.24, 2.45) is 4.99 Å². The van der Waals surface area contributed by atoms with Crippen molar-refractivity contribution in [2.45, 2.75) is 18.6 Å². The van der Waals surface area contributed by atoms with Gasteiger partial charge in [0.25, 0.3) is 0 Å². The summed E-state index contributed by atoms with van der Waals surface area (Å²) in [5.41, 5.74) is 1.48. The molecule has 0 unspecified atom stereocenters. The quantitative estimate of drug-likeness (QED) is 0.468. The van der Waals surface area contributed by atoms with Crippen LogP contribution >= 0.6 is 23.4 Å². The molecule has 0 aliphatic carbocycles. The van der Waals surface area contributed by atoms with E-state index in [1.54, 1.807) is 61.5 Å². The molecule has 0 bridgehead atoms. The number of nitrogens with one attached hydrogen (secondary N) is 1. The van der Waals surface area contributed by atoms with Crippen molar-refractivity contribution >= 4 is 57.7 Å². The number of carbonyl (C=O) groups excluding carboxylic acids is 3. The molecule has 1 fully saturated rings. The lowest BCUT2D eigenvalue weighted by molar-refractivity contribution is -0.129. The lowest BCUT2D eigenvalue weighted by Gasteiger charge is -2.31. The number of halogens is 1. The molecule has 1 heterocycles. The first-order valence-electron chi connectivity index (χ1n) is 9.91. The van der Waals surface area contributed by atoms with Crippen molar-refractivity contribution in [3.05, 3.63) is 71.8 Å². The summed E-state index contributed by atoms with van der Waals surface area (Å²) in [7, 11) is 0. The van der Waals surface area contributed by atoms with Gasteiger partial charge in [0.2, 0.25) is 11.8 Å². The average Bonchev–Trinajstić information content (AvgIpc) is 2.76. The molecule has 166 valence electrons. The van der Waals surface area contributed by atoms with Gasteiger partial charge >= 0.3 is 5.97 Å². The second-order valence-corrected chi connectivity index (χ2v) is 8.37. The number of benzene rings is 2. The predicted molar refractivity (Wildman–Crippen MR) is 127 cm³/mol. The molecule has 2 aromatic carbocycles. The van der Waals surface area contributed by atoms with Crippen LogP contribution in [0, 0.1) is 0 Å². The summed E-state index contributed by atoms with van der Waals surface area (Å²) in [6, 6.07) is 13.3. The van der Waals surface area contributed by atoms with Gasteiger partial charge < -0.3 is 10.1 Å². The molecule has 1 aliphatic heterocycles. The normalized spacial score (nSPS) is 17.2. The zero-order chi connectivity index (χ0) is 23.1. The minimum absolute atomic E-state index is 0.0276. The van der Waals surface area contributed by atoms with Crippen LogP contribution in [0.2, 0.25) is 5.02 Å². The van der Waals surface area contributed by atoms with E-state index in [0.717, 1.165) is 0 Å². The fourth-order valence-corrected chi connectivity index (χ4v) is 4.23. The molecular weight excluding hydrogens is 450 g/mol. The summed E-state index contributed by atoms with van der Waals surface area (Å²) in [5.74, 6) is -0.977. The highest BCUT2D eigenvalue weighted by Gasteiger charge is 2.35. The lowest BCUT2D eigenvalue weighted by atomic mass is 10.2. The van der Waals surface area contributed by atoms with Gasteiger partial charge in [-0.3, -0.25) is 14.5 Å². The van der Waals surface area contributed by atoms with E-state index in [0.29, 0.717) is 27.1 Å². The molecule has 1 aliphatic rings. The van der Waals surface area contributed by atoms with Gasteiger partial charge in [-0.2, -0.15) is 0 Å². The number of esters is 1.